The summed E-state index contributed by atoms with van der Waals surface area (Å²) in [6.45, 7) is 3.80. The monoisotopic (exact) mass is 200 g/mol. The molecule has 2 nitrogen and oxygen atoms in total. The lowest BCUT2D eigenvalue weighted by Crippen LogP contribution is -2.33. The maximum atomic E-state index is 11.9. The van der Waals surface area contributed by atoms with Crippen LogP contribution in [-0.4, -0.2) is 30.1 Å². The van der Waals surface area contributed by atoms with E-state index in [2.05, 4.69) is 0 Å². The smallest absolute Gasteiger partial charge is 0.384 e. The van der Waals surface area contributed by atoms with Crippen LogP contribution in [0.3, 0.4) is 0 Å². The van der Waals surface area contributed by atoms with E-state index in [1.54, 1.807) is 13.8 Å². The molecule has 1 N–H and O–H groups in total. The number of hydrogen-bond donors (Lipinski definition) is 1. The van der Waals surface area contributed by atoms with Crippen LogP contribution >= 0.6 is 0 Å². The maximum Gasteiger partial charge on any atom is 0.414 e. The van der Waals surface area contributed by atoms with Gasteiger partial charge in [0.2, 0.25) is 0 Å². The fourth-order valence-corrected chi connectivity index (χ4v) is 0.971. The molecule has 0 fully saturated rings. The van der Waals surface area contributed by atoms with Gasteiger partial charge in [0.05, 0.1) is 6.10 Å². The molecular weight excluding hydrogens is 185 g/mol. The van der Waals surface area contributed by atoms with Crippen molar-refractivity contribution >= 4 is 0 Å². The van der Waals surface area contributed by atoms with Crippen molar-refractivity contribution < 1.29 is 23.0 Å². The van der Waals surface area contributed by atoms with Gasteiger partial charge in [0.1, 0.15) is 0 Å². The van der Waals surface area contributed by atoms with E-state index < -0.39 is 18.4 Å². The number of aliphatic hydroxyl groups excluding tert-OH is 1. The molecule has 0 rings (SSSR count). The average Bonchev–Trinajstić information content (AvgIpc) is 2.01. The van der Waals surface area contributed by atoms with Gasteiger partial charge in [-0.2, -0.15) is 13.2 Å². The fraction of sp³-hybridized carbons (Fsp3) is 1.00. The Morgan fingerprint density at radius 1 is 1.31 bits per heavy atom. The van der Waals surface area contributed by atoms with E-state index in [0.29, 0.717) is 13.0 Å². The highest BCUT2D eigenvalue weighted by atomic mass is 19.4. The average molecular weight is 200 g/mol. The van der Waals surface area contributed by atoms with Crippen molar-refractivity contribution in [1.29, 1.82) is 0 Å². The molecule has 0 aromatic carbocycles. The summed E-state index contributed by atoms with van der Waals surface area (Å²) in [6, 6.07) is 0. The molecule has 0 heterocycles. The molecule has 0 aliphatic carbocycles. The first-order chi connectivity index (χ1) is 5.91. The summed E-state index contributed by atoms with van der Waals surface area (Å²) in [6.07, 6.45) is -7.23. The molecule has 1 unspecified atom stereocenters. The van der Waals surface area contributed by atoms with Gasteiger partial charge < -0.3 is 9.84 Å². The van der Waals surface area contributed by atoms with Crippen molar-refractivity contribution in [3.63, 3.8) is 0 Å². The van der Waals surface area contributed by atoms with Crippen molar-refractivity contribution in [2.24, 2.45) is 0 Å². The largest absolute Gasteiger partial charge is 0.414 e. The Morgan fingerprint density at radius 3 is 2.15 bits per heavy atom. The molecule has 80 valence electrons. The maximum absolute atomic E-state index is 11.9. The first-order valence-corrected chi connectivity index (χ1v) is 4.28. The Morgan fingerprint density at radius 2 is 1.85 bits per heavy atom. The highest BCUT2D eigenvalue weighted by Gasteiger charge is 2.39. The topological polar surface area (TPSA) is 29.5 Å². The lowest BCUT2D eigenvalue weighted by Gasteiger charge is -2.20. The number of halogens is 3. The van der Waals surface area contributed by atoms with Crippen LogP contribution < -0.4 is 0 Å². The molecule has 0 aliphatic heterocycles. The first-order valence-electron chi connectivity index (χ1n) is 4.28. The summed E-state index contributed by atoms with van der Waals surface area (Å²) in [5, 5.41) is 8.71. The van der Waals surface area contributed by atoms with Gasteiger partial charge in [0.15, 0.2) is 6.10 Å². The van der Waals surface area contributed by atoms with Gasteiger partial charge in [-0.3, -0.25) is 0 Å². The lowest BCUT2D eigenvalue weighted by atomic mass is 10.1. The molecule has 0 aromatic heterocycles. The minimum Gasteiger partial charge on any atom is -0.384 e. The number of rotatable bonds is 5. The summed E-state index contributed by atoms with van der Waals surface area (Å²) in [5.41, 5.74) is 0. The SMILES string of the molecule is CCO[C@H](CC)CC(O)C(F)(F)F. The summed E-state index contributed by atoms with van der Waals surface area (Å²) >= 11 is 0. The van der Waals surface area contributed by atoms with Crippen LogP contribution in [0.1, 0.15) is 26.7 Å². The highest BCUT2D eigenvalue weighted by Crippen LogP contribution is 2.24. The van der Waals surface area contributed by atoms with Crippen LogP contribution in [0, 0.1) is 0 Å². The summed E-state index contributed by atoms with van der Waals surface area (Å²) < 4.78 is 40.6. The Hall–Kier alpha value is -0.290. The highest BCUT2D eigenvalue weighted by molar-refractivity contribution is 4.70. The number of hydrogen-bond acceptors (Lipinski definition) is 2. The molecular formula is C8H15F3O2. The molecule has 0 amide bonds. The number of aliphatic hydroxyl groups is 1. The standard InChI is InChI=1S/C8H15F3O2/c1-3-6(13-4-2)5-7(12)8(9,10)11/h6-7,12H,3-5H2,1-2H3/t6-,7?/m1/s1. The third-order valence-corrected chi connectivity index (χ3v) is 1.72. The zero-order chi connectivity index (χ0) is 10.5. The van der Waals surface area contributed by atoms with Gasteiger partial charge in [0, 0.05) is 13.0 Å². The van der Waals surface area contributed by atoms with Crippen molar-refractivity contribution in [1.82, 2.24) is 0 Å². The second-order valence-electron chi connectivity index (χ2n) is 2.78. The van der Waals surface area contributed by atoms with E-state index in [9.17, 15) is 13.2 Å². The summed E-state index contributed by atoms with van der Waals surface area (Å²) in [7, 11) is 0. The van der Waals surface area contributed by atoms with Crippen molar-refractivity contribution in [2.45, 2.75) is 45.1 Å². The van der Waals surface area contributed by atoms with Gasteiger partial charge in [-0.15, -0.1) is 0 Å². The van der Waals surface area contributed by atoms with E-state index in [1.165, 1.54) is 0 Å². The van der Waals surface area contributed by atoms with E-state index >= 15 is 0 Å². The van der Waals surface area contributed by atoms with E-state index in [4.69, 9.17) is 9.84 Å². The molecule has 2 atom stereocenters. The quantitative estimate of drug-likeness (QED) is 0.736. The molecule has 0 aliphatic rings. The second kappa shape index (κ2) is 5.44. The molecule has 0 saturated heterocycles. The third kappa shape index (κ3) is 5.10. The van der Waals surface area contributed by atoms with Crippen LogP contribution in [0.4, 0.5) is 13.2 Å². The Kier molecular flexibility index (Phi) is 5.32. The minimum absolute atomic E-state index is 0.364. The molecule has 0 saturated carbocycles. The molecule has 0 radical (unpaired) electrons. The van der Waals surface area contributed by atoms with Gasteiger partial charge in [-0.25, -0.2) is 0 Å². The summed E-state index contributed by atoms with van der Waals surface area (Å²) in [4.78, 5) is 0. The normalized spacial score (nSPS) is 17.1. The lowest BCUT2D eigenvalue weighted by molar-refractivity contribution is -0.212. The number of alkyl halides is 3. The molecule has 13 heavy (non-hydrogen) atoms. The molecule has 5 heteroatoms. The van der Waals surface area contributed by atoms with E-state index in [1.807, 2.05) is 0 Å². The van der Waals surface area contributed by atoms with Gasteiger partial charge in [-0.1, -0.05) is 6.92 Å². The van der Waals surface area contributed by atoms with Crippen LogP contribution in [0.5, 0.6) is 0 Å². The molecule has 0 bridgehead atoms. The van der Waals surface area contributed by atoms with Gasteiger partial charge in [-0.05, 0) is 13.3 Å². The minimum atomic E-state index is -4.54. The van der Waals surface area contributed by atoms with E-state index in [0.717, 1.165) is 0 Å². The Balaban J connectivity index is 3.93. The van der Waals surface area contributed by atoms with Crippen LogP contribution in [0.15, 0.2) is 0 Å². The van der Waals surface area contributed by atoms with Crippen LogP contribution in [0.25, 0.3) is 0 Å². The molecule has 0 aromatic rings. The molecule has 0 spiro atoms. The Labute approximate surface area is 75.7 Å². The van der Waals surface area contributed by atoms with E-state index in [-0.39, 0.29) is 6.42 Å². The van der Waals surface area contributed by atoms with Gasteiger partial charge in [0.25, 0.3) is 0 Å². The fourth-order valence-electron chi connectivity index (χ4n) is 0.971. The predicted molar refractivity (Wildman–Crippen MR) is 42.4 cm³/mol. The summed E-state index contributed by atoms with van der Waals surface area (Å²) in [5.74, 6) is 0. The number of ether oxygens (including phenoxy) is 1. The third-order valence-electron chi connectivity index (χ3n) is 1.72. The van der Waals surface area contributed by atoms with Crippen molar-refractivity contribution in [3.8, 4) is 0 Å². The second-order valence-corrected chi connectivity index (χ2v) is 2.78. The van der Waals surface area contributed by atoms with Gasteiger partial charge >= 0.3 is 6.18 Å². The van der Waals surface area contributed by atoms with Crippen molar-refractivity contribution in [3.05, 3.63) is 0 Å². The first kappa shape index (κ1) is 12.7. The van der Waals surface area contributed by atoms with Crippen LogP contribution in [0.2, 0.25) is 0 Å². The van der Waals surface area contributed by atoms with Crippen molar-refractivity contribution in [2.75, 3.05) is 6.61 Å². The zero-order valence-electron chi connectivity index (χ0n) is 7.77. The Bertz CT molecular complexity index is 136. The zero-order valence-corrected chi connectivity index (χ0v) is 7.77. The predicted octanol–water partition coefficient (Wildman–Crippen LogP) is 2.11. The van der Waals surface area contributed by atoms with Crippen LogP contribution in [-0.2, 0) is 4.74 Å².